The fourth-order valence-electron chi connectivity index (χ4n) is 1.83. The summed E-state index contributed by atoms with van der Waals surface area (Å²) in [5.74, 6) is -12.6. The molecule has 0 radical (unpaired) electrons. The molecule has 0 aliphatic carbocycles. The van der Waals surface area contributed by atoms with Crippen molar-refractivity contribution in [2.24, 2.45) is 0 Å². The summed E-state index contributed by atoms with van der Waals surface area (Å²) < 4.78 is 77.7. The highest BCUT2D eigenvalue weighted by molar-refractivity contribution is 6.56. The first-order valence-corrected chi connectivity index (χ1v) is 10.5. The maximum Gasteiger partial charge on any atom is 0.856 e. The van der Waals surface area contributed by atoms with Crippen LogP contribution in [0.15, 0.2) is 0 Å². The van der Waals surface area contributed by atoms with E-state index in [0.29, 0.717) is 0 Å². The highest BCUT2D eigenvalue weighted by atomic mass is 35.5. The second-order valence-electron chi connectivity index (χ2n) is 4.87. The second-order valence-corrected chi connectivity index (χ2v) is 8.91. The molecule has 0 unspecified atom stereocenters. The lowest BCUT2D eigenvalue weighted by molar-refractivity contribution is 0.331. The first kappa shape index (κ1) is 23.0. The molecule has 2 nitrogen and oxygen atoms in total. The first-order valence-electron chi connectivity index (χ1n) is 6.88. The Hall–Kier alpha value is -0.328. The number of hydrogen-bond donors (Lipinski definition) is 0. The van der Waals surface area contributed by atoms with Crippen LogP contribution < -0.4 is 7.58 Å². The van der Waals surface area contributed by atoms with Crippen molar-refractivity contribution >= 4 is 72.8 Å². The number of rotatable bonds is 5. The Balaban J connectivity index is 2.45. The van der Waals surface area contributed by atoms with Crippen LogP contribution in [-0.2, 0) is 0 Å². The van der Waals surface area contributed by atoms with Crippen molar-refractivity contribution < 1.29 is 29.5 Å². The predicted molar refractivity (Wildman–Crippen MR) is 95.2 cm³/mol. The average molecular weight is 504 g/mol. The molecule has 0 aliphatic rings. The maximum absolute atomic E-state index is 13.8. The summed E-state index contributed by atoms with van der Waals surface area (Å²) in [6.45, 7) is 1.49. The van der Waals surface area contributed by atoms with Crippen molar-refractivity contribution in [1.82, 2.24) is 0 Å². The predicted octanol–water partition coefficient (Wildman–Crippen LogP) is 7.62. The molecule has 0 atom stereocenters. The van der Waals surface area contributed by atoms with E-state index in [9.17, 15) is 22.0 Å². The minimum atomic E-state index is -3.16. The standard InChI is InChI=1S/C6HCl5O.C6HF5O.C2H5.Al/c2*7-1-2(8)4(10)6(12)5(11)3(1)9;1-2;/h2*12H;1H2,2H3;/q;;;+2/p-2. The van der Waals surface area contributed by atoms with E-state index < -0.39 is 49.7 Å². The van der Waals surface area contributed by atoms with Crippen molar-refractivity contribution in [3.8, 4) is 11.5 Å². The fraction of sp³-hybridized carbons (Fsp3) is 0.143. The lowest BCUT2D eigenvalue weighted by atomic mass is 10.3. The van der Waals surface area contributed by atoms with Gasteiger partial charge in [0.05, 0.1) is 15.1 Å². The zero-order valence-electron chi connectivity index (χ0n) is 12.9. The highest BCUT2D eigenvalue weighted by Crippen LogP contribution is 2.48. The summed E-state index contributed by atoms with van der Waals surface area (Å²) in [7, 11) is 0. The third-order valence-electron chi connectivity index (χ3n) is 3.17. The number of halogens is 10. The van der Waals surface area contributed by atoms with Crippen LogP contribution in [0, 0.1) is 29.1 Å². The van der Waals surface area contributed by atoms with Gasteiger partial charge < -0.3 is 7.58 Å². The van der Waals surface area contributed by atoms with Gasteiger partial charge in [0.2, 0.25) is 29.1 Å². The molecule has 0 bridgehead atoms. The molecule has 0 amide bonds. The van der Waals surface area contributed by atoms with Crippen LogP contribution in [-0.4, -0.2) is 14.8 Å². The topological polar surface area (TPSA) is 18.5 Å². The Morgan fingerprint density at radius 3 is 1.33 bits per heavy atom. The number of hydrogen-bond acceptors (Lipinski definition) is 2. The molecule has 0 heterocycles. The minimum Gasteiger partial charge on any atom is -0.610 e. The van der Waals surface area contributed by atoms with E-state index in [4.69, 9.17) is 65.6 Å². The Morgan fingerprint density at radius 2 is 0.926 bits per heavy atom. The lowest BCUT2D eigenvalue weighted by Crippen LogP contribution is -2.30. The molecule has 13 heteroatoms. The summed E-state index contributed by atoms with van der Waals surface area (Å²) in [5.41, 5.74) is 0. The molecule has 0 aliphatic heterocycles. The normalized spacial score (nSPS) is 10.9. The molecule has 146 valence electrons. The van der Waals surface area contributed by atoms with Gasteiger partial charge in [-0.05, 0) is 5.28 Å². The molecular weight excluding hydrogens is 499 g/mol. The molecule has 0 aromatic heterocycles. The van der Waals surface area contributed by atoms with Crippen molar-refractivity contribution in [3.63, 3.8) is 0 Å². The molecule has 2 aromatic carbocycles. The van der Waals surface area contributed by atoms with Gasteiger partial charge in [0.15, 0.2) is 5.75 Å². The van der Waals surface area contributed by atoms with Crippen LogP contribution in [0.5, 0.6) is 11.5 Å². The molecule has 27 heavy (non-hydrogen) atoms. The van der Waals surface area contributed by atoms with Crippen molar-refractivity contribution in [3.05, 3.63) is 54.2 Å². The van der Waals surface area contributed by atoms with E-state index in [2.05, 4.69) is 0 Å². The van der Waals surface area contributed by atoms with Gasteiger partial charge in [-0.1, -0.05) is 64.9 Å². The molecule has 0 spiro atoms. The van der Waals surface area contributed by atoms with Gasteiger partial charge >= 0.3 is 14.8 Å². The Labute approximate surface area is 179 Å². The SMILES string of the molecule is C[CH2][Al]([O]c1c(F)c(F)c(F)c(F)c1F)[O]c1c(Cl)c(Cl)c(Cl)c(Cl)c1Cl. The van der Waals surface area contributed by atoms with E-state index in [1.807, 2.05) is 0 Å². The lowest BCUT2D eigenvalue weighted by Gasteiger charge is -2.20. The van der Waals surface area contributed by atoms with E-state index in [1.165, 1.54) is 6.92 Å². The summed E-state index contributed by atoms with van der Waals surface area (Å²) >= 11 is 26.4. The smallest absolute Gasteiger partial charge is 0.610 e. The van der Waals surface area contributed by atoms with E-state index in [-0.39, 0.29) is 36.1 Å². The van der Waals surface area contributed by atoms with Gasteiger partial charge in [0.1, 0.15) is 15.8 Å². The maximum atomic E-state index is 13.8. The molecule has 2 rings (SSSR count). The molecular formula is C14H5AlCl5F5O2. The summed E-state index contributed by atoms with van der Waals surface area (Å²) in [4.78, 5) is 0. The van der Waals surface area contributed by atoms with Crippen LogP contribution in [0.4, 0.5) is 22.0 Å². The third kappa shape index (κ3) is 4.33. The van der Waals surface area contributed by atoms with Crippen LogP contribution >= 0.6 is 58.0 Å². The Kier molecular flexibility index (Phi) is 7.65. The monoisotopic (exact) mass is 502 g/mol. The molecule has 0 fully saturated rings. The van der Waals surface area contributed by atoms with Crippen LogP contribution in [0.25, 0.3) is 0 Å². The van der Waals surface area contributed by atoms with Gasteiger partial charge in [-0.15, -0.1) is 0 Å². The van der Waals surface area contributed by atoms with E-state index in [1.54, 1.807) is 0 Å². The molecule has 2 aromatic rings. The minimum absolute atomic E-state index is 0.0179. The molecule has 0 saturated carbocycles. The van der Waals surface area contributed by atoms with E-state index in [0.717, 1.165) is 0 Å². The quantitative estimate of drug-likeness (QED) is 0.181. The third-order valence-corrected chi connectivity index (χ3v) is 7.08. The van der Waals surface area contributed by atoms with Crippen molar-refractivity contribution in [1.29, 1.82) is 0 Å². The van der Waals surface area contributed by atoms with Crippen LogP contribution in [0.2, 0.25) is 30.4 Å². The summed E-state index contributed by atoms with van der Waals surface area (Å²) in [5, 5.41) is -1.07. The van der Waals surface area contributed by atoms with Gasteiger partial charge in [0, 0.05) is 0 Å². The Morgan fingerprint density at radius 1 is 0.593 bits per heavy atom. The number of benzene rings is 2. The molecule has 0 N–H and O–H groups in total. The van der Waals surface area contributed by atoms with Crippen LogP contribution in [0.1, 0.15) is 6.92 Å². The fourth-order valence-corrected chi connectivity index (χ4v) is 4.54. The van der Waals surface area contributed by atoms with Crippen molar-refractivity contribution in [2.45, 2.75) is 12.2 Å². The zero-order chi connectivity index (χ0) is 20.6. The summed E-state index contributed by atoms with van der Waals surface area (Å²) in [6.07, 6.45) is 0. The van der Waals surface area contributed by atoms with Gasteiger partial charge in [-0.2, -0.15) is 8.78 Å². The first-order chi connectivity index (χ1) is 12.5. The van der Waals surface area contributed by atoms with Gasteiger partial charge in [-0.25, -0.2) is 13.2 Å². The van der Waals surface area contributed by atoms with Gasteiger partial charge in [-0.3, -0.25) is 0 Å². The highest BCUT2D eigenvalue weighted by Gasteiger charge is 2.37. The van der Waals surface area contributed by atoms with Crippen molar-refractivity contribution in [2.75, 3.05) is 0 Å². The summed E-state index contributed by atoms with van der Waals surface area (Å²) in [6, 6.07) is 0. The van der Waals surface area contributed by atoms with Crippen LogP contribution in [0.3, 0.4) is 0 Å². The van der Waals surface area contributed by atoms with Gasteiger partial charge in [0.25, 0.3) is 0 Å². The average Bonchev–Trinajstić information content (AvgIpc) is 2.66. The molecule has 0 saturated heterocycles. The second kappa shape index (κ2) is 9.00. The Bertz CT molecular complexity index is 785. The zero-order valence-corrected chi connectivity index (χ0v) is 17.8. The van der Waals surface area contributed by atoms with E-state index >= 15 is 0 Å². The largest absolute Gasteiger partial charge is 0.856 e.